The van der Waals surface area contributed by atoms with Crippen molar-refractivity contribution < 1.29 is 29.2 Å². The van der Waals surface area contributed by atoms with E-state index in [2.05, 4.69) is 0 Å². The van der Waals surface area contributed by atoms with Crippen molar-refractivity contribution in [3.05, 3.63) is 106 Å². The fraction of sp³-hybridized carbons (Fsp3) is 0.294. The fourth-order valence-electron chi connectivity index (χ4n) is 8.08. The number of phenols is 1. The maximum absolute atomic E-state index is 14.4. The molecule has 0 radical (unpaired) electrons. The number of hydrogen-bond acceptors (Lipinski definition) is 7. The van der Waals surface area contributed by atoms with Crippen molar-refractivity contribution in [1.29, 1.82) is 0 Å². The first kappa shape index (κ1) is 27.7. The minimum Gasteiger partial charge on any atom is -0.508 e. The third-order valence-corrected chi connectivity index (χ3v) is 10.1. The number of carbonyl (C=O) groups is 4. The number of allylic oxidation sites excluding steroid dienone is 2. The second kappa shape index (κ2) is 9.70. The molecule has 44 heavy (non-hydrogen) atoms. The average Bonchev–Trinajstić information content (AvgIpc) is 3.38. The minimum absolute atomic E-state index is 0.101. The zero-order valence-corrected chi connectivity index (χ0v) is 24.0. The quantitative estimate of drug-likeness (QED) is 0.194. The Morgan fingerprint density at radius 1 is 0.864 bits per heavy atom. The van der Waals surface area contributed by atoms with Crippen LogP contribution < -0.4 is 9.80 Å². The molecule has 10 heteroatoms. The van der Waals surface area contributed by atoms with Gasteiger partial charge in [-0.3, -0.25) is 29.3 Å². The van der Waals surface area contributed by atoms with Crippen molar-refractivity contribution in [1.82, 2.24) is 0 Å². The number of non-ortho nitro benzene ring substituents is 1. The summed E-state index contributed by atoms with van der Waals surface area (Å²) in [7, 11) is 0. The number of nitrogens with zero attached hydrogens (tertiary/aromatic N) is 3. The van der Waals surface area contributed by atoms with Gasteiger partial charge in [0.15, 0.2) is 0 Å². The summed E-state index contributed by atoms with van der Waals surface area (Å²) in [4.78, 5) is 69.6. The third-order valence-electron chi connectivity index (χ3n) is 10.1. The predicted molar refractivity (Wildman–Crippen MR) is 159 cm³/mol. The molecule has 10 nitrogen and oxygen atoms in total. The van der Waals surface area contributed by atoms with E-state index >= 15 is 0 Å². The van der Waals surface area contributed by atoms with Crippen molar-refractivity contribution in [3.8, 4) is 5.75 Å². The predicted octanol–water partition coefficient (Wildman–Crippen LogP) is 5.04. The van der Waals surface area contributed by atoms with Crippen molar-refractivity contribution >= 4 is 40.7 Å². The zero-order chi connectivity index (χ0) is 31.1. The van der Waals surface area contributed by atoms with E-state index in [9.17, 15) is 34.4 Å². The monoisotopic (exact) mass is 591 g/mol. The first-order valence-electron chi connectivity index (χ1n) is 14.6. The Labute approximate surface area is 252 Å². The largest absolute Gasteiger partial charge is 0.508 e. The summed E-state index contributed by atoms with van der Waals surface area (Å²) in [6, 6.07) is 19.4. The van der Waals surface area contributed by atoms with Gasteiger partial charge in [-0.25, -0.2) is 9.80 Å². The van der Waals surface area contributed by atoms with E-state index in [1.807, 2.05) is 19.1 Å². The standard InChI is InChI=1S/C34H29N3O7/c1-18-15-19(11-14-27(18)38)29-23-12-13-24-28(32(41)35(30(24)39)21-9-6-10-22(16-21)37(43)44)25(23)17-26-31(40)36(33(42)34(26,29)2)20-7-4-3-5-8-20/h3-12,14-16,24-26,28-29,38H,13,17H2,1-2H3. The molecule has 4 amide bonds. The third kappa shape index (κ3) is 3.73. The number of para-hydroxylation sites is 1. The van der Waals surface area contributed by atoms with Gasteiger partial charge in [-0.2, -0.15) is 0 Å². The number of nitro benzene ring substituents is 1. The van der Waals surface area contributed by atoms with E-state index in [0.717, 1.165) is 16.0 Å². The van der Waals surface area contributed by atoms with Crippen LogP contribution in [0.5, 0.6) is 5.75 Å². The van der Waals surface area contributed by atoms with Crippen molar-refractivity contribution in [2.45, 2.75) is 32.6 Å². The fourth-order valence-corrected chi connectivity index (χ4v) is 8.08. The molecule has 2 aliphatic heterocycles. The molecular weight excluding hydrogens is 562 g/mol. The van der Waals surface area contributed by atoms with Crippen LogP contribution in [0.3, 0.4) is 0 Å². The lowest BCUT2D eigenvalue weighted by Crippen LogP contribution is -2.48. The van der Waals surface area contributed by atoms with E-state index in [0.29, 0.717) is 11.3 Å². The topological polar surface area (TPSA) is 138 Å². The Morgan fingerprint density at radius 3 is 2.30 bits per heavy atom. The molecule has 3 fully saturated rings. The number of fused-ring (bicyclic) bond motifs is 4. The number of carbonyl (C=O) groups excluding carboxylic acids is 4. The van der Waals surface area contributed by atoms with E-state index in [4.69, 9.17) is 0 Å². The average molecular weight is 592 g/mol. The number of nitro groups is 1. The maximum Gasteiger partial charge on any atom is 0.271 e. The summed E-state index contributed by atoms with van der Waals surface area (Å²) in [6.45, 7) is 3.58. The van der Waals surface area contributed by atoms with Crippen LogP contribution >= 0.6 is 0 Å². The first-order chi connectivity index (χ1) is 21.0. The highest BCUT2D eigenvalue weighted by molar-refractivity contribution is 6.25. The van der Waals surface area contributed by atoms with Gasteiger partial charge in [0.1, 0.15) is 5.75 Å². The van der Waals surface area contributed by atoms with Crippen molar-refractivity contribution in [3.63, 3.8) is 0 Å². The zero-order valence-electron chi connectivity index (χ0n) is 24.0. The molecule has 3 aromatic carbocycles. The number of rotatable bonds is 4. The molecule has 0 aromatic heterocycles. The van der Waals surface area contributed by atoms with Gasteiger partial charge in [0.05, 0.1) is 39.5 Å². The Morgan fingerprint density at radius 2 is 1.59 bits per heavy atom. The summed E-state index contributed by atoms with van der Waals surface area (Å²) in [6.07, 6.45) is 2.41. The van der Waals surface area contributed by atoms with E-state index < -0.39 is 51.7 Å². The van der Waals surface area contributed by atoms with Gasteiger partial charge >= 0.3 is 0 Å². The van der Waals surface area contributed by atoms with Crippen LogP contribution in [0.1, 0.15) is 36.8 Å². The number of anilines is 2. The highest BCUT2D eigenvalue weighted by Gasteiger charge is 2.67. The van der Waals surface area contributed by atoms with Crippen LogP contribution in [0, 0.1) is 46.1 Å². The second-order valence-electron chi connectivity index (χ2n) is 12.3. The molecule has 6 atom stereocenters. The highest BCUT2D eigenvalue weighted by Crippen LogP contribution is 2.63. The van der Waals surface area contributed by atoms with E-state index in [1.54, 1.807) is 49.4 Å². The first-order valence-corrected chi connectivity index (χ1v) is 14.6. The van der Waals surface area contributed by atoms with E-state index in [1.165, 1.54) is 29.2 Å². The lowest BCUT2D eigenvalue weighted by atomic mass is 9.51. The summed E-state index contributed by atoms with van der Waals surface area (Å²) in [5.41, 5.74) is 1.37. The molecule has 2 aliphatic carbocycles. The normalized spacial score (nSPS) is 29.3. The molecule has 0 bridgehead atoms. The molecule has 1 saturated carbocycles. The summed E-state index contributed by atoms with van der Waals surface area (Å²) >= 11 is 0. The molecule has 4 aliphatic rings. The van der Waals surface area contributed by atoms with Gasteiger partial charge in [0, 0.05) is 18.1 Å². The van der Waals surface area contributed by atoms with Gasteiger partial charge in [0.25, 0.3) is 5.69 Å². The van der Waals surface area contributed by atoms with Crippen LogP contribution in [0.25, 0.3) is 0 Å². The van der Waals surface area contributed by atoms with Crippen LogP contribution in [0.4, 0.5) is 17.1 Å². The Hall–Kier alpha value is -5.12. The van der Waals surface area contributed by atoms with Gasteiger partial charge in [-0.05, 0) is 68.0 Å². The maximum atomic E-state index is 14.4. The van der Waals surface area contributed by atoms with Gasteiger partial charge in [-0.15, -0.1) is 0 Å². The molecule has 2 saturated heterocycles. The van der Waals surface area contributed by atoms with Gasteiger partial charge in [0.2, 0.25) is 23.6 Å². The van der Waals surface area contributed by atoms with E-state index in [-0.39, 0.29) is 41.8 Å². The number of phenolic OH excluding ortho intramolecular Hbond substituents is 1. The molecule has 222 valence electrons. The lowest BCUT2D eigenvalue weighted by Gasteiger charge is -2.49. The summed E-state index contributed by atoms with van der Waals surface area (Å²) in [5, 5.41) is 21.8. The van der Waals surface area contributed by atoms with Gasteiger partial charge < -0.3 is 5.11 Å². The highest BCUT2D eigenvalue weighted by atomic mass is 16.6. The SMILES string of the molecule is Cc1cc(C2C3=CCC4C(=O)N(c5cccc([N+](=O)[O-])c5)C(=O)C4C3CC3C(=O)N(c4ccccc4)C(=O)C32C)ccc1O. The van der Waals surface area contributed by atoms with Crippen LogP contribution in [0.15, 0.2) is 84.4 Å². The molecule has 3 aromatic rings. The Kier molecular flexibility index (Phi) is 6.11. The van der Waals surface area contributed by atoms with Crippen LogP contribution in [-0.4, -0.2) is 33.7 Å². The van der Waals surface area contributed by atoms with Crippen LogP contribution in [0.2, 0.25) is 0 Å². The lowest BCUT2D eigenvalue weighted by molar-refractivity contribution is -0.384. The molecule has 7 rings (SSSR count). The number of aryl methyl sites for hydroxylation is 1. The minimum atomic E-state index is -1.18. The number of hydrogen-bond donors (Lipinski definition) is 1. The molecule has 6 unspecified atom stereocenters. The number of amides is 4. The molecule has 1 N–H and O–H groups in total. The Balaban J connectivity index is 1.36. The molecule has 0 spiro atoms. The number of aromatic hydroxyl groups is 1. The van der Waals surface area contributed by atoms with Gasteiger partial charge in [-0.1, -0.05) is 48.0 Å². The van der Waals surface area contributed by atoms with Crippen molar-refractivity contribution in [2.24, 2.45) is 29.1 Å². The Bertz CT molecular complexity index is 1820. The smallest absolute Gasteiger partial charge is 0.271 e. The summed E-state index contributed by atoms with van der Waals surface area (Å²) in [5.74, 6) is -4.84. The molecule has 2 heterocycles. The van der Waals surface area contributed by atoms with Crippen molar-refractivity contribution in [2.75, 3.05) is 9.80 Å². The molecular formula is C34H29N3O7. The number of benzene rings is 3. The second-order valence-corrected chi connectivity index (χ2v) is 12.3. The number of imide groups is 2. The summed E-state index contributed by atoms with van der Waals surface area (Å²) < 4.78 is 0. The van der Waals surface area contributed by atoms with Crippen LogP contribution in [-0.2, 0) is 19.2 Å².